The molecule has 0 saturated carbocycles. The topological polar surface area (TPSA) is 60.8 Å². The van der Waals surface area contributed by atoms with E-state index in [2.05, 4.69) is 15.3 Å². The van der Waals surface area contributed by atoms with Crippen LogP contribution in [0.1, 0.15) is 44.9 Å². The molecule has 0 atom stereocenters. The minimum Gasteiger partial charge on any atom is -0.320 e. The van der Waals surface area contributed by atoms with Gasteiger partial charge in [-0.15, -0.1) is 0 Å². The maximum Gasteiger partial charge on any atom is 0.0257 e. The van der Waals surface area contributed by atoms with E-state index >= 15 is 0 Å². The van der Waals surface area contributed by atoms with Gasteiger partial charge in [0.2, 0.25) is 0 Å². The van der Waals surface area contributed by atoms with E-state index in [1.165, 1.54) is 38.5 Å². The van der Waals surface area contributed by atoms with Gasteiger partial charge in [-0.25, -0.2) is 0 Å². The van der Waals surface area contributed by atoms with Gasteiger partial charge in [0.1, 0.15) is 0 Å². The Hall–Kier alpha value is -0.730. The molecule has 1 N–H and O–H groups in total. The zero-order valence-corrected chi connectivity index (χ0v) is 9.21. The largest absolute Gasteiger partial charge is 0.320 e. The molecule has 0 rings (SSSR count). The number of nitrogens with zero attached hydrogens (tertiary/aromatic N) is 3. The Kier molecular flexibility index (Phi) is 11.6. The quantitative estimate of drug-likeness (QED) is 0.249. The molecule has 0 bridgehead atoms. The predicted molar refractivity (Wildman–Crippen MR) is 60.3 cm³/mol. The highest BCUT2D eigenvalue weighted by Gasteiger charge is 1.90. The Bertz CT molecular complexity index is 152. The van der Waals surface area contributed by atoms with Gasteiger partial charge in [-0.3, -0.25) is 0 Å². The zero-order valence-electron chi connectivity index (χ0n) is 9.21. The maximum atomic E-state index is 8.04. The lowest BCUT2D eigenvalue weighted by Gasteiger charge is -2.00. The van der Waals surface area contributed by atoms with E-state index in [1.54, 1.807) is 0 Å². The lowest BCUT2D eigenvalue weighted by Crippen LogP contribution is -2.06. The van der Waals surface area contributed by atoms with Crippen LogP contribution in [0.5, 0.6) is 0 Å². The van der Waals surface area contributed by atoms with Crippen LogP contribution in [0, 0.1) is 0 Å². The van der Waals surface area contributed by atoms with Crippen LogP contribution < -0.4 is 5.32 Å². The van der Waals surface area contributed by atoms with Gasteiger partial charge in [-0.1, -0.05) is 37.2 Å². The SMILES string of the molecule is CNCCCCCCCCCN=[N+]=[N-]. The van der Waals surface area contributed by atoms with Crippen molar-refractivity contribution in [1.82, 2.24) is 5.32 Å². The monoisotopic (exact) mass is 198 g/mol. The van der Waals surface area contributed by atoms with Gasteiger partial charge in [-0.05, 0) is 32.0 Å². The molecule has 0 unspecified atom stereocenters. The predicted octanol–water partition coefficient (Wildman–Crippen LogP) is 3.25. The molecule has 0 aliphatic heterocycles. The molecule has 0 radical (unpaired) electrons. The van der Waals surface area contributed by atoms with Gasteiger partial charge in [0.15, 0.2) is 0 Å². The summed E-state index contributed by atoms with van der Waals surface area (Å²) in [4.78, 5) is 2.72. The van der Waals surface area contributed by atoms with E-state index in [4.69, 9.17) is 5.53 Å². The van der Waals surface area contributed by atoms with Gasteiger partial charge in [0.05, 0.1) is 0 Å². The van der Waals surface area contributed by atoms with Crippen LogP contribution in [0.25, 0.3) is 10.4 Å². The third-order valence-corrected chi connectivity index (χ3v) is 2.25. The fourth-order valence-electron chi connectivity index (χ4n) is 1.41. The molecule has 4 heteroatoms. The van der Waals surface area contributed by atoms with E-state index in [-0.39, 0.29) is 0 Å². The molecule has 0 aliphatic rings. The second-order valence-electron chi connectivity index (χ2n) is 3.53. The first kappa shape index (κ1) is 13.3. The van der Waals surface area contributed by atoms with Crippen molar-refractivity contribution >= 4 is 0 Å². The zero-order chi connectivity index (χ0) is 10.5. The molecule has 0 aromatic heterocycles. The Morgan fingerprint density at radius 1 is 1.00 bits per heavy atom. The van der Waals surface area contributed by atoms with Crippen molar-refractivity contribution in [3.05, 3.63) is 10.4 Å². The molecule has 0 spiro atoms. The standard InChI is InChI=1S/C10H22N4/c1-12-9-7-5-3-2-4-6-8-10-13-14-11/h12H,2-10H2,1H3. The first-order valence-corrected chi connectivity index (χ1v) is 5.57. The fourth-order valence-corrected chi connectivity index (χ4v) is 1.41. The molecular formula is C10H22N4. The summed E-state index contributed by atoms with van der Waals surface area (Å²) in [6.45, 7) is 1.80. The number of nitrogens with one attached hydrogen (secondary N) is 1. The summed E-state index contributed by atoms with van der Waals surface area (Å²) in [7, 11) is 2.00. The van der Waals surface area contributed by atoms with Crippen molar-refractivity contribution in [3.63, 3.8) is 0 Å². The molecule has 4 nitrogen and oxygen atoms in total. The van der Waals surface area contributed by atoms with E-state index in [1.807, 2.05) is 7.05 Å². The molecule has 0 fully saturated rings. The van der Waals surface area contributed by atoms with Crippen LogP contribution in [-0.4, -0.2) is 20.1 Å². The third kappa shape index (κ3) is 11.3. The summed E-state index contributed by atoms with van der Waals surface area (Å²) in [6, 6.07) is 0. The minimum atomic E-state index is 0.663. The first-order chi connectivity index (χ1) is 6.91. The van der Waals surface area contributed by atoms with Gasteiger partial charge in [-0.2, -0.15) is 0 Å². The van der Waals surface area contributed by atoms with Crippen LogP contribution >= 0.6 is 0 Å². The van der Waals surface area contributed by atoms with Crippen LogP contribution in [0.4, 0.5) is 0 Å². The second-order valence-corrected chi connectivity index (χ2v) is 3.53. The highest BCUT2D eigenvalue weighted by molar-refractivity contribution is 4.50. The number of rotatable bonds is 10. The summed E-state index contributed by atoms with van der Waals surface area (Å²) in [5.74, 6) is 0. The lowest BCUT2D eigenvalue weighted by atomic mass is 10.1. The summed E-state index contributed by atoms with van der Waals surface area (Å²) in [5, 5.41) is 6.65. The molecule has 0 saturated heterocycles. The van der Waals surface area contributed by atoms with E-state index in [0.717, 1.165) is 13.0 Å². The van der Waals surface area contributed by atoms with Crippen molar-refractivity contribution in [3.8, 4) is 0 Å². The highest BCUT2D eigenvalue weighted by atomic mass is 15.1. The summed E-state index contributed by atoms with van der Waals surface area (Å²) < 4.78 is 0. The minimum absolute atomic E-state index is 0.663. The number of hydrogen-bond acceptors (Lipinski definition) is 2. The Morgan fingerprint density at radius 2 is 1.57 bits per heavy atom. The van der Waals surface area contributed by atoms with Crippen LogP contribution in [-0.2, 0) is 0 Å². The number of hydrogen-bond donors (Lipinski definition) is 1. The normalized spacial score (nSPS) is 9.79. The summed E-state index contributed by atoms with van der Waals surface area (Å²) in [6.07, 6.45) is 8.79. The van der Waals surface area contributed by atoms with Gasteiger partial charge in [0, 0.05) is 11.5 Å². The molecule has 0 aliphatic carbocycles. The third-order valence-electron chi connectivity index (χ3n) is 2.25. The highest BCUT2D eigenvalue weighted by Crippen LogP contribution is 2.06. The Balaban J connectivity index is 2.88. The van der Waals surface area contributed by atoms with E-state index in [0.29, 0.717) is 6.54 Å². The van der Waals surface area contributed by atoms with Crippen molar-refractivity contribution < 1.29 is 0 Å². The molecule has 14 heavy (non-hydrogen) atoms. The molecule has 0 amide bonds. The first-order valence-electron chi connectivity index (χ1n) is 5.57. The van der Waals surface area contributed by atoms with Gasteiger partial charge >= 0.3 is 0 Å². The Morgan fingerprint density at radius 3 is 2.14 bits per heavy atom. The van der Waals surface area contributed by atoms with Crippen molar-refractivity contribution in [1.29, 1.82) is 0 Å². The number of azide groups is 1. The maximum absolute atomic E-state index is 8.04. The van der Waals surface area contributed by atoms with E-state index < -0.39 is 0 Å². The van der Waals surface area contributed by atoms with E-state index in [9.17, 15) is 0 Å². The smallest absolute Gasteiger partial charge is 0.0257 e. The Labute approximate surface area is 86.7 Å². The second kappa shape index (κ2) is 12.3. The van der Waals surface area contributed by atoms with Gasteiger partial charge in [0.25, 0.3) is 0 Å². The molecule has 82 valence electrons. The van der Waals surface area contributed by atoms with Gasteiger partial charge < -0.3 is 5.32 Å². The molecule has 0 aromatic rings. The van der Waals surface area contributed by atoms with Crippen molar-refractivity contribution in [2.45, 2.75) is 44.9 Å². The number of unbranched alkanes of at least 4 members (excludes halogenated alkanes) is 6. The lowest BCUT2D eigenvalue weighted by molar-refractivity contribution is 0.572. The average Bonchev–Trinajstić information content (AvgIpc) is 2.21. The van der Waals surface area contributed by atoms with Crippen LogP contribution in [0.2, 0.25) is 0 Å². The van der Waals surface area contributed by atoms with Crippen molar-refractivity contribution in [2.24, 2.45) is 5.11 Å². The summed E-state index contributed by atoms with van der Waals surface area (Å²) in [5.41, 5.74) is 8.04. The summed E-state index contributed by atoms with van der Waals surface area (Å²) >= 11 is 0. The molecular weight excluding hydrogens is 176 g/mol. The molecule has 0 heterocycles. The van der Waals surface area contributed by atoms with Crippen molar-refractivity contribution in [2.75, 3.05) is 20.1 Å². The molecule has 0 aromatic carbocycles. The van der Waals surface area contributed by atoms with Crippen LogP contribution in [0.15, 0.2) is 5.11 Å². The fraction of sp³-hybridized carbons (Fsp3) is 1.00. The van der Waals surface area contributed by atoms with Crippen LogP contribution in [0.3, 0.4) is 0 Å². The average molecular weight is 198 g/mol.